The molecule has 0 radical (unpaired) electrons. The van der Waals surface area contributed by atoms with Gasteiger partial charge in [-0.05, 0) is 0 Å². The molecule has 1 aromatic heterocycles. The molecule has 0 atom stereocenters. The smallest absolute Gasteiger partial charge is 0.408 e. The van der Waals surface area contributed by atoms with Gasteiger partial charge >= 0.3 is 18.1 Å². The Hall–Kier alpha value is -3.52. The number of thiazole rings is 1. The zero-order chi connectivity index (χ0) is 25.3. The Balaban J connectivity index is 0.00000109. The third-order valence-electron chi connectivity index (χ3n) is 2.77. The first-order chi connectivity index (χ1) is 15.5. The first-order valence-corrected chi connectivity index (χ1v) is 10.7. The van der Waals surface area contributed by atoms with E-state index in [1.54, 1.807) is 30.4 Å². The van der Waals surface area contributed by atoms with Crippen molar-refractivity contribution >= 4 is 52.1 Å². The van der Waals surface area contributed by atoms with E-state index in [-0.39, 0.29) is 5.96 Å². The minimum absolute atomic E-state index is 0.327. The highest BCUT2D eigenvalue weighted by Gasteiger charge is 2.26. The molecule has 7 N–H and O–H groups in total. The van der Waals surface area contributed by atoms with Crippen molar-refractivity contribution in [1.29, 1.82) is 5.26 Å². The van der Waals surface area contributed by atoms with Crippen LogP contribution in [0.4, 0.5) is 18.3 Å². The highest BCUT2D eigenvalue weighted by molar-refractivity contribution is 7.98. The molecule has 1 heterocycles. The second-order valence-electron chi connectivity index (χ2n) is 5.39. The van der Waals surface area contributed by atoms with Crippen molar-refractivity contribution in [2.24, 2.45) is 15.7 Å². The number of nitrogens with one attached hydrogen (secondary N) is 3. The average molecular weight is 511 g/mol. The number of hydrogen-bond acceptors (Lipinski definition) is 8. The summed E-state index contributed by atoms with van der Waals surface area (Å²) in [6.45, 7) is -0.727. The molecule has 0 aromatic carbocycles. The number of rotatable bonds is 9. The van der Waals surface area contributed by atoms with Gasteiger partial charge in [-0.15, -0.1) is 16.3 Å². The molecule has 0 unspecified atom stereocenters. The van der Waals surface area contributed by atoms with Gasteiger partial charge in [0.1, 0.15) is 6.54 Å². The third-order valence-corrected chi connectivity index (χ3v) is 4.57. The van der Waals surface area contributed by atoms with E-state index in [0.717, 1.165) is 11.4 Å². The largest absolute Gasteiger partial charge is 0.478 e. The van der Waals surface area contributed by atoms with E-state index in [4.69, 9.17) is 21.2 Å². The van der Waals surface area contributed by atoms with Crippen LogP contribution in [0.2, 0.25) is 0 Å². The summed E-state index contributed by atoms with van der Waals surface area (Å²) >= 11 is 2.83. The number of halogens is 3. The molecule has 0 aliphatic rings. The van der Waals surface area contributed by atoms with Crippen molar-refractivity contribution in [1.82, 2.24) is 15.6 Å². The molecule has 0 saturated heterocycles. The van der Waals surface area contributed by atoms with Crippen LogP contribution < -0.4 is 21.7 Å². The van der Waals surface area contributed by atoms with Crippen LogP contribution in [0, 0.1) is 11.5 Å². The minimum atomic E-state index is -4.39. The molecule has 33 heavy (non-hydrogen) atoms. The predicted molar refractivity (Wildman–Crippen MR) is 119 cm³/mol. The lowest BCUT2D eigenvalue weighted by Gasteiger charge is -2.06. The highest BCUT2D eigenvalue weighted by Crippen LogP contribution is 2.19. The number of hydrogen-bond donors (Lipinski definition) is 6. The van der Waals surface area contributed by atoms with Crippen LogP contribution in [0.3, 0.4) is 0 Å². The molecule has 182 valence electrons. The first-order valence-electron chi connectivity index (χ1n) is 8.65. The van der Waals surface area contributed by atoms with Gasteiger partial charge in [0.05, 0.1) is 5.69 Å². The number of carboxylic acid groups (broad SMARTS) is 2. The Kier molecular flexibility index (Phi) is 14.4. The van der Waals surface area contributed by atoms with Gasteiger partial charge in [0.15, 0.2) is 11.1 Å². The van der Waals surface area contributed by atoms with Gasteiger partial charge in [0.2, 0.25) is 12.2 Å². The van der Waals surface area contributed by atoms with Gasteiger partial charge < -0.3 is 31.9 Å². The highest BCUT2D eigenvalue weighted by atomic mass is 32.2. The standard InChI is InChI=1S/C12H17F3N8S2.C4H4O4/c1-18-10(21-7-16)19-2-3-24-4-8-5-25-11(22-8)23-9(17)20-6-12(13,14)15;5-3(6)1-2-4(7)8/h5H,2-4,6H2,1H3,(H2,18,19,21)(H3,17,20,22,23);1-2H,(H,5,6)(H,7,8)/b;2-1-. The Bertz CT molecular complexity index is 881. The van der Waals surface area contributed by atoms with Crippen molar-refractivity contribution in [2.45, 2.75) is 11.9 Å². The van der Waals surface area contributed by atoms with E-state index in [9.17, 15) is 22.8 Å². The fourth-order valence-corrected chi connectivity index (χ4v) is 3.12. The molecular weight excluding hydrogens is 489 g/mol. The van der Waals surface area contributed by atoms with Gasteiger partial charge in [-0.2, -0.15) is 30.2 Å². The Morgan fingerprint density at radius 3 is 2.52 bits per heavy atom. The van der Waals surface area contributed by atoms with E-state index in [1.807, 2.05) is 0 Å². The van der Waals surface area contributed by atoms with E-state index >= 15 is 0 Å². The van der Waals surface area contributed by atoms with Crippen LogP contribution in [-0.2, 0) is 15.3 Å². The SMILES string of the molecule is CN/C(=N/C#N)NCCSCc1csc(N/C(N)=N\CC(F)(F)F)n1.O=C(O)/C=C\C(=O)O. The van der Waals surface area contributed by atoms with Crippen molar-refractivity contribution in [3.05, 3.63) is 23.2 Å². The van der Waals surface area contributed by atoms with Gasteiger partial charge in [-0.1, -0.05) is 0 Å². The summed E-state index contributed by atoms with van der Waals surface area (Å²) in [5.41, 5.74) is 6.16. The summed E-state index contributed by atoms with van der Waals surface area (Å²) in [6, 6.07) is 0. The zero-order valence-corrected chi connectivity index (χ0v) is 18.7. The maximum absolute atomic E-state index is 12.0. The van der Waals surface area contributed by atoms with Crippen molar-refractivity contribution in [3.63, 3.8) is 0 Å². The quantitative estimate of drug-likeness (QED) is 0.0911. The third kappa shape index (κ3) is 17.8. The lowest BCUT2D eigenvalue weighted by Crippen LogP contribution is -2.35. The molecule has 0 aliphatic heterocycles. The molecular formula is C16H21F3N8O4S2. The molecule has 1 aromatic rings. The Morgan fingerprint density at radius 1 is 1.36 bits per heavy atom. The molecule has 1 rings (SSSR count). The number of thioether (sulfide) groups is 1. The number of carbonyl (C=O) groups is 2. The normalized spacial score (nSPS) is 11.8. The summed E-state index contributed by atoms with van der Waals surface area (Å²) in [5, 5.41) is 34.5. The fourth-order valence-electron chi connectivity index (χ4n) is 1.55. The first kappa shape index (κ1) is 29.5. The Labute approximate surface area is 194 Å². The number of guanidine groups is 2. The molecule has 0 amide bonds. The molecule has 0 fully saturated rings. The van der Waals surface area contributed by atoms with E-state index in [1.165, 1.54) is 11.3 Å². The van der Waals surface area contributed by atoms with Crippen LogP contribution >= 0.6 is 23.1 Å². The van der Waals surface area contributed by atoms with Crippen LogP contribution in [0.1, 0.15) is 5.69 Å². The topological polar surface area (TPSA) is 198 Å². The second kappa shape index (κ2) is 16.2. The number of aliphatic carboxylic acids is 2. The van der Waals surface area contributed by atoms with Crippen LogP contribution in [-0.4, -0.2) is 71.1 Å². The number of aliphatic imine (C=N–C) groups is 2. The molecule has 12 nitrogen and oxygen atoms in total. The van der Waals surface area contributed by atoms with Gasteiger partial charge in [0.25, 0.3) is 0 Å². The second-order valence-corrected chi connectivity index (χ2v) is 7.35. The van der Waals surface area contributed by atoms with E-state index in [0.29, 0.717) is 35.5 Å². The maximum Gasteiger partial charge on any atom is 0.408 e. The lowest BCUT2D eigenvalue weighted by atomic mass is 10.5. The monoisotopic (exact) mass is 510 g/mol. The number of alkyl halides is 3. The number of nitrogens with zero attached hydrogens (tertiary/aromatic N) is 4. The molecule has 0 aliphatic carbocycles. The van der Waals surface area contributed by atoms with Crippen molar-refractivity contribution in [3.8, 4) is 6.19 Å². The van der Waals surface area contributed by atoms with Crippen molar-refractivity contribution < 1.29 is 33.0 Å². The number of carboxylic acids is 2. The van der Waals surface area contributed by atoms with Gasteiger partial charge in [-0.3, -0.25) is 0 Å². The van der Waals surface area contributed by atoms with Crippen molar-refractivity contribution in [2.75, 3.05) is 31.2 Å². The van der Waals surface area contributed by atoms with E-state index in [2.05, 4.69) is 30.9 Å². The summed E-state index contributed by atoms with van der Waals surface area (Å²) < 4.78 is 36.1. The number of nitriles is 1. The fraction of sp³-hybridized carbons (Fsp3) is 0.375. The maximum atomic E-state index is 12.0. The van der Waals surface area contributed by atoms with Crippen LogP contribution in [0.25, 0.3) is 0 Å². The average Bonchev–Trinajstić information content (AvgIpc) is 3.16. The Morgan fingerprint density at radius 2 is 2.00 bits per heavy atom. The molecule has 17 heteroatoms. The van der Waals surface area contributed by atoms with Crippen LogP contribution in [0.5, 0.6) is 0 Å². The van der Waals surface area contributed by atoms with Gasteiger partial charge in [-0.25, -0.2) is 19.6 Å². The summed E-state index contributed by atoms with van der Waals surface area (Å²) in [5.74, 6) is -1.06. The summed E-state index contributed by atoms with van der Waals surface area (Å²) in [7, 11) is 1.66. The van der Waals surface area contributed by atoms with E-state index < -0.39 is 24.7 Å². The lowest BCUT2D eigenvalue weighted by molar-refractivity contribution is -0.134. The van der Waals surface area contributed by atoms with Gasteiger partial charge in [0, 0.05) is 42.6 Å². The van der Waals surface area contributed by atoms with Crippen LogP contribution in [0.15, 0.2) is 27.5 Å². The number of anilines is 1. The predicted octanol–water partition coefficient (Wildman–Crippen LogP) is 1.02. The molecule has 0 bridgehead atoms. The number of aromatic nitrogens is 1. The summed E-state index contributed by atoms with van der Waals surface area (Å²) in [4.78, 5) is 30.1. The zero-order valence-electron chi connectivity index (χ0n) is 17.1. The minimum Gasteiger partial charge on any atom is -0.478 e. The summed E-state index contributed by atoms with van der Waals surface area (Å²) in [6.07, 6.45) is -1.60. The molecule has 0 saturated carbocycles. The number of nitrogens with two attached hydrogens (primary N) is 1. The molecule has 0 spiro atoms.